The molecule has 5 heteroatoms. The third kappa shape index (κ3) is 3.95. The second kappa shape index (κ2) is 6.91. The van der Waals surface area contributed by atoms with Crippen LogP contribution in [0.1, 0.15) is 21.6 Å². The first-order valence-corrected chi connectivity index (χ1v) is 7.64. The second-order valence-corrected chi connectivity index (χ2v) is 5.60. The van der Waals surface area contributed by atoms with Crippen molar-refractivity contribution in [2.75, 3.05) is 10.6 Å². The van der Waals surface area contributed by atoms with Gasteiger partial charge in [0.05, 0.1) is 12.4 Å². The number of benzene rings is 2. The Morgan fingerprint density at radius 2 is 1.54 bits per heavy atom. The average molecular weight is 318 g/mol. The molecule has 0 saturated carbocycles. The molecule has 120 valence electrons. The number of amides is 1. The average Bonchev–Trinajstić information content (AvgIpc) is 2.55. The van der Waals surface area contributed by atoms with E-state index < -0.39 is 0 Å². The van der Waals surface area contributed by atoms with E-state index in [1.807, 2.05) is 62.4 Å². The largest absolute Gasteiger partial charge is 0.339 e. The summed E-state index contributed by atoms with van der Waals surface area (Å²) in [6.07, 6.45) is 3.01. The van der Waals surface area contributed by atoms with Crippen LogP contribution in [0.4, 0.5) is 17.2 Å². The molecule has 0 bridgehead atoms. The van der Waals surface area contributed by atoms with Crippen molar-refractivity contribution >= 4 is 23.1 Å². The Morgan fingerprint density at radius 3 is 2.17 bits per heavy atom. The van der Waals surface area contributed by atoms with Gasteiger partial charge in [-0.1, -0.05) is 24.3 Å². The first-order valence-electron chi connectivity index (χ1n) is 7.64. The smallest absolute Gasteiger partial charge is 0.275 e. The van der Waals surface area contributed by atoms with Gasteiger partial charge in [0.25, 0.3) is 5.91 Å². The van der Waals surface area contributed by atoms with Gasteiger partial charge in [0.2, 0.25) is 0 Å². The predicted molar refractivity (Wildman–Crippen MR) is 95.6 cm³/mol. The highest BCUT2D eigenvalue weighted by atomic mass is 16.1. The molecule has 3 aromatic rings. The molecule has 1 amide bonds. The normalized spacial score (nSPS) is 10.2. The van der Waals surface area contributed by atoms with Gasteiger partial charge in [-0.2, -0.15) is 0 Å². The molecule has 1 heterocycles. The highest BCUT2D eigenvalue weighted by molar-refractivity contribution is 6.02. The Bertz CT molecular complexity index is 859. The maximum atomic E-state index is 12.2. The van der Waals surface area contributed by atoms with E-state index in [9.17, 15) is 4.79 Å². The summed E-state index contributed by atoms with van der Waals surface area (Å²) < 4.78 is 0. The van der Waals surface area contributed by atoms with Crippen molar-refractivity contribution in [2.24, 2.45) is 0 Å². The number of aryl methyl sites for hydroxylation is 2. The number of nitrogens with one attached hydrogen (secondary N) is 2. The number of rotatable bonds is 4. The van der Waals surface area contributed by atoms with E-state index in [2.05, 4.69) is 20.6 Å². The van der Waals surface area contributed by atoms with E-state index in [1.54, 1.807) is 6.20 Å². The van der Waals surface area contributed by atoms with Crippen molar-refractivity contribution in [3.05, 3.63) is 77.7 Å². The van der Waals surface area contributed by atoms with Crippen molar-refractivity contribution in [1.29, 1.82) is 0 Å². The van der Waals surface area contributed by atoms with Crippen LogP contribution in [-0.4, -0.2) is 15.9 Å². The van der Waals surface area contributed by atoms with Gasteiger partial charge in [-0.15, -0.1) is 0 Å². The van der Waals surface area contributed by atoms with Crippen LogP contribution in [0.5, 0.6) is 0 Å². The van der Waals surface area contributed by atoms with E-state index >= 15 is 0 Å². The summed E-state index contributed by atoms with van der Waals surface area (Å²) in [5.74, 6) is 0.308. The van der Waals surface area contributed by atoms with Gasteiger partial charge in [0.15, 0.2) is 0 Å². The zero-order chi connectivity index (χ0) is 16.9. The minimum atomic E-state index is -0.282. The molecular weight excluding hydrogens is 300 g/mol. The number of nitrogens with zero attached hydrogens (tertiary/aromatic N) is 2. The molecule has 3 rings (SSSR count). The van der Waals surface area contributed by atoms with Crippen LogP contribution in [0.15, 0.2) is 60.9 Å². The molecule has 0 aliphatic carbocycles. The molecule has 0 atom stereocenters. The zero-order valence-corrected chi connectivity index (χ0v) is 13.6. The molecule has 0 aliphatic heterocycles. The summed E-state index contributed by atoms with van der Waals surface area (Å²) >= 11 is 0. The summed E-state index contributed by atoms with van der Waals surface area (Å²) in [6.45, 7) is 4.00. The van der Waals surface area contributed by atoms with Crippen molar-refractivity contribution < 1.29 is 4.79 Å². The number of anilines is 3. The summed E-state index contributed by atoms with van der Waals surface area (Å²) in [7, 11) is 0. The molecule has 0 radical (unpaired) electrons. The van der Waals surface area contributed by atoms with Crippen LogP contribution >= 0.6 is 0 Å². The number of hydrogen-bond donors (Lipinski definition) is 2. The Kier molecular flexibility index (Phi) is 4.52. The first kappa shape index (κ1) is 15.7. The first-order chi connectivity index (χ1) is 11.6. The fourth-order valence-corrected chi connectivity index (χ4v) is 2.30. The highest BCUT2D eigenvalue weighted by Crippen LogP contribution is 2.15. The van der Waals surface area contributed by atoms with Crippen LogP contribution in [0.25, 0.3) is 0 Å². The van der Waals surface area contributed by atoms with Crippen molar-refractivity contribution in [3.63, 3.8) is 0 Å². The molecule has 2 aromatic carbocycles. The van der Waals surface area contributed by atoms with E-state index in [0.29, 0.717) is 5.82 Å². The number of hydrogen-bond acceptors (Lipinski definition) is 4. The number of aromatic nitrogens is 2. The number of carbonyl (C=O) groups excluding carboxylic acids is 1. The summed E-state index contributed by atoms with van der Waals surface area (Å²) in [5.41, 5.74) is 4.18. The quantitative estimate of drug-likeness (QED) is 0.760. The van der Waals surface area contributed by atoms with E-state index in [0.717, 1.165) is 22.5 Å². The standard InChI is InChI=1S/C19H18N4O/c1-13-5-3-7-15(9-13)22-18-12-20-17(11-21-18)19(24)23-16-8-4-6-14(2)10-16/h3-12H,1-2H3,(H,21,22)(H,23,24). The molecule has 0 unspecified atom stereocenters. The number of carbonyl (C=O) groups is 1. The molecule has 0 aliphatic rings. The van der Waals surface area contributed by atoms with Crippen LogP contribution in [0.2, 0.25) is 0 Å². The van der Waals surface area contributed by atoms with Gasteiger partial charge in [-0.25, -0.2) is 9.97 Å². The van der Waals surface area contributed by atoms with Gasteiger partial charge in [-0.05, 0) is 49.2 Å². The summed E-state index contributed by atoms with van der Waals surface area (Å²) in [5, 5.41) is 5.98. The topological polar surface area (TPSA) is 66.9 Å². The maximum absolute atomic E-state index is 12.2. The highest BCUT2D eigenvalue weighted by Gasteiger charge is 2.08. The van der Waals surface area contributed by atoms with Crippen LogP contribution in [0, 0.1) is 13.8 Å². The van der Waals surface area contributed by atoms with Gasteiger partial charge < -0.3 is 10.6 Å². The maximum Gasteiger partial charge on any atom is 0.275 e. The van der Waals surface area contributed by atoms with Crippen LogP contribution in [0.3, 0.4) is 0 Å². The fraction of sp³-hybridized carbons (Fsp3) is 0.105. The van der Waals surface area contributed by atoms with Gasteiger partial charge >= 0.3 is 0 Å². The fourth-order valence-electron chi connectivity index (χ4n) is 2.30. The van der Waals surface area contributed by atoms with Gasteiger partial charge in [0.1, 0.15) is 11.5 Å². The monoisotopic (exact) mass is 318 g/mol. The molecule has 0 saturated heterocycles. The lowest BCUT2D eigenvalue weighted by Crippen LogP contribution is -2.14. The zero-order valence-electron chi connectivity index (χ0n) is 13.6. The Balaban J connectivity index is 1.68. The summed E-state index contributed by atoms with van der Waals surface area (Å²) in [6, 6.07) is 15.6. The minimum absolute atomic E-state index is 0.270. The lowest BCUT2D eigenvalue weighted by atomic mass is 10.2. The molecule has 24 heavy (non-hydrogen) atoms. The third-order valence-electron chi connectivity index (χ3n) is 3.45. The van der Waals surface area contributed by atoms with Gasteiger partial charge in [0, 0.05) is 11.4 Å². The molecular formula is C19H18N4O. The second-order valence-electron chi connectivity index (χ2n) is 5.60. The van der Waals surface area contributed by atoms with Gasteiger partial charge in [-0.3, -0.25) is 4.79 Å². The van der Waals surface area contributed by atoms with Crippen molar-refractivity contribution in [3.8, 4) is 0 Å². The summed E-state index contributed by atoms with van der Waals surface area (Å²) in [4.78, 5) is 20.6. The minimum Gasteiger partial charge on any atom is -0.339 e. The molecule has 1 aromatic heterocycles. The Hall–Kier alpha value is -3.21. The third-order valence-corrected chi connectivity index (χ3v) is 3.45. The lowest BCUT2D eigenvalue weighted by molar-refractivity contribution is 0.102. The Morgan fingerprint density at radius 1 is 0.875 bits per heavy atom. The molecule has 2 N–H and O–H groups in total. The molecule has 0 spiro atoms. The molecule has 0 fully saturated rings. The van der Waals surface area contributed by atoms with E-state index in [4.69, 9.17) is 0 Å². The van der Waals surface area contributed by atoms with Crippen LogP contribution in [-0.2, 0) is 0 Å². The Labute approximate surface area is 140 Å². The van der Waals surface area contributed by atoms with E-state index in [-0.39, 0.29) is 11.6 Å². The van der Waals surface area contributed by atoms with E-state index in [1.165, 1.54) is 6.20 Å². The predicted octanol–water partition coefficient (Wildman–Crippen LogP) is 4.09. The van der Waals surface area contributed by atoms with Crippen molar-refractivity contribution in [2.45, 2.75) is 13.8 Å². The van der Waals surface area contributed by atoms with Crippen LogP contribution < -0.4 is 10.6 Å². The SMILES string of the molecule is Cc1cccc(NC(=O)c2cnc(Nc3cccc(C)c3)cn2)c1. The molecule has 5 nitrogen and oxygen atoms in total. The lowest BCUT2D eigenvalue weighted by Gasteiger charge is -2.08. The van der Waals surface area contributed by atoms with Crippen molar-refractivity contribution in [1.82, 2.24) is 9.97 Å².